The Kier molecular flexibility index (Phi) is 5.32. The van der Waals surface area contributed by atoms with Crippen molar-refractivity contribution in [3.05, 3.63) is 41.8 Å². The van der Waals surface area contributed by atoms with Gasteiger partial charge in [0.05, 0.1) is 0 Å². The lowest BCUT2D eigenvalue weighted by atomic mass is 10.1. The molecule has 0 saturated carbocycles. The van der Waals surface area contributed by atoms with E-state index in [1.807, 2.05) is 35.7 Å². The average Bonchev–Trinajstić information content (AvgIpc) is 2.99. The summed E-state index contributed by atoms with van der Waals surface area (Å²) in [7, 11) is 0. The summed E-state index contributed by atoms with van der Waals surface area (Å²) >= 11 is 1.67. The minimum Gasteiger partial charge on any atom is -0.330 e. The highest BCUT2D eigenvalue weighted by Gasteiger charge is 2.10. The molecule has 1 unspecified atom stereocenters. The van der Waals surface area contributed by atoms with Crippen LogP contribution in [0.5, 0.6) is 0 Å². The molecule has 2 aromatic rings. The van der Waals surface area contributed by atoms with Crippen LogP contribution in [0, 0.1) is 5.92 Å². The molecule has 4 heteroatoms. The van der Waals surface area contributed by atoms with Crippen LogP contribution in [0.3, 0.4) is 0 Å². The van der Waals surface area contributed by atoms with E-state index in [1.54, 1.807) is 11.3 Å². The quantitative estimate of drug-likeness (QED) is 0.851. The highest BCUT2D eigenvalue weighted by atomic mass is 32.1. The summed E-state index contributed by atoms with van der Waals surface area (Å²) < 4.78 is 0. The molecule has 1 aromatic carbocycles. The molecule has 2 rings (SSSR count). The van der Waals surface area contributed by atoms with Gasteiger partial charge in [-0.1, -0.05) is 31.2 Å². The number of carbonyl (C=O) groups is 1. The number of hydrogen-bond donors (Lipinski definition) is 2. The number of thiophene rings is 1. The average molecular weight is 288 g/mol. The SMILES string of the molecule is CC(CN)CCC(=O)Nc1ccccc1-c1cccs1. The van der Waals surface area contributed by atoms with Gasteiger partial charge in [-0.25, -0.2) is 0 Å². The van der Waals surface area contributed by atoms with Crippen LogP contribution in [-0.4, -0.2) is 12.5 Å². The Morgan fingerprint density at radius 1 is 1.30 bits per heavy atom. The Bertz CT molecular complexity index is 551. The van der Waals surface area contributed by atoms with Crippen LogP contribution in [0.2, 0.25) is 0 Å². The Balaban J connectivity index is 2.04. The van der Waals surface area contributed by atoms with Crippen LogP contribution in [0.4, 0.5) is 5.69 Å². The first kappa shape index (κ1) is 14.8. The number of para-hydroxylation sites is 1. The van der Waals surface area contributed by atoms with Gasteiger partial charge in [-0.15, -0.1) is 11.3 Å². The normalized spacial score (nSPS) is 12.1. The number of hydrogen-bond acceptors (Lipinski definition) is 3. The van der Waals surface area contributed by atoms with E-state index in [0.29, 0.717) is 18.9 Å². The van der Waals surface area contributed by atoms with Gasteiger partial charge in [0.15, 0.2) is 0 Å². The van der Waals surface area contributed by atoms with E-state index in [4.69, 9.17) is 5.73 Å². The minimum atomic E-state index is 0.0503. The molecule has 1 atom stereocenters. The maximum atomic E-state index is 12.0. The van der Waals surface area contributed by atoms with E-state index in [1.165, 1.54) is 0 Å². The van der Waals surface area contributed by atoms with Gasteiger partial charge in [-0.3, -0.25) is 4.79 Å². The molecule has 1 heterocycles. The fraction of sp³-hybridized carbons (Fsp3) is 0.312. The number of nitrogens with two attached hydrogens (primary N) is 1. The van der Waals surface area contributed by atoms with Crippen LogP contribution in [0.25, 0.3) is 10.4 Å². The molecular formula is C16H20N2OS. The number of anilines is 1. The van der Waals surface area contributed by atoms with Gasteiger partial charge in [-0.05, 0) is 36.4 Å². The Morgan fingerprint density at radius 2 is 2.10 bits per heavy atom. The van der Waals surface area contributed by atoms with Crippen molar-refractivity contribution in [1.29, 1.82) is 0 Å². The molecule has 1 amide bonds. The Labute approximate surface area is 123 Å². The van der Waals surface area contributed by atoms with Crippen molar-refractivity contribution in [1.82, 2.24) is 0 Å². The van der Waals surface area contributed by atoms with Gasteiger partial charge in [0.1, 0.15) is 0 Å². The zero-order valence-electron chi connectivity index (χ0n) is 11.6. The lowest BCUT2D eigenvalue weighted by Gasteiger charge is -2.11. The first-order valence-electron chi connectivity index (χ1n) is 6.83. The summed E-state index contributed by atoms with van der Waals surface area (Å²) in [6, 6.07) is 12.0. The second kappa shape index (κ2) is 7.22. The molecule has 0 aliphatic rings. The predicted molar refractivity (Wildman–Crippen MR) is 85.8 cm³/mol. The molecule has 0 bridgehead atoms. The second-order valence-corrected chi connectivity index (χ2v) is 5.90. The fourth-order valence-corrected chi connectivity index (χ4v) is 2.71. The third-order valence-electron chi connectivity index (χ3n) is 3.25. The van der Waals surface area contributed by atoms with Crippen molar-refractivity contribution in [2.75, 3.05) is 11.9 Å². The number of nitrogens with one attached hydrogen (secondary N) is 1. The smallest absolute Gasteiger partial charge is 0.224 e. The van der Waals surface area contributed by atoms with Crippen molar-refractivity contribution in [2.45, 2.75) is 19.8 Å². The van der Waals surface area contributed by atoms with E-state index in [2.05, 4.69) is 18.3 Å². The van der Waals surface area contributed by atoms with Crippen molar-refractivity contribution < 1.29 is 4.79 Å². The third-order valence-corrected chi connectivity index (χ3v) is 4.16. The van der Waals surface area contributed by atoms with Gasteiger partial charge in [0, 0.05) is 22.5 Å². The van der Waals surface area contributed by atoms with Gasteiger partial charge in [-0.2, -0.15) is 0 Å². The van der Waals surface area contributed by atoms with Crippen molar-refractivity contribution in [3.8, 4) is 10.4 Å². The molecular weight excluding hydrogens is 268 g/mol. The van der Waals surface area contributed by atoms with Crippen LogP contribution in [0.1, 0.15) is 19.8 Å². The topological polar surface area (TPSA) is 55.1 Å². The standard InChI is InChI=1S/C16H20N2OS/c1-12(11-17)8-9-16(19)18-14-6-3-2-5-13(14)15-7-4-10-20-15/h2-7,10,12H,8-9,11,17H2,1H3,(H,18,19). The van der Waals surface area contributed by atoms with Crippen LogP contribution in [0.15, 0.2) is 41.8 Å². The monoisotopic (exact) mass is 288 g/mol. The van der Waals surface area contributed by atoms with Crippen molar-refractivity contribution in [3.63, 3.8) is 0 Å². The highest BCUT2D eigenvalue weighted by molar-refractivity contribution is 7.13. The van der Waals surface area contributed by atoms with Gasteiger partial charge in [0.2, 0.25) is 5.91 Å². The van der Waals surface area contributed by atoms with E-state index >= 15 is 0 Å². The van der Waals surface area contributed by atoms with E-state index < -0.39 is 0 Å². The summed E-state index contributed by atoms with van der Waals surface area (Å²) in [5, 5.41) is 5.04. The summed E-state index contributed by atoms with van der Waals surface area (Å²) in [5.74, 6) is 0.433. The zero-order valence-corrected chi connectivity index (χ0v) is 12.5. The number of carbonyl (C=O) groups excluding carboxylic acids is 1. The van der Waals surface area contributed by atoms with Gasteiger partial charge < -0.3 is 11.1 Å². The summed E-state index contributed by atoms with van der Waals surface area (Å²) in [6.07, 6.45) is 1.33. The van der Waals surface area contributed by atoms with E-state index in [0.717, 1.165) is 22.5 Å². The molecule has 0 fully saturated rings. The maximum Gasteiger partial charge on any atom is 0.224 e. The maximum absolute atomic E-state index is 12.0. The van der Waals surface area contributed by atoms with Crippen LogP contribution in [-0.2, 0) is 4.79 Å². The lowest BCUT2D eigenvalue weighted by Crippen LogP contribution is -2.16. The number of benzene rings is 1. The number of rotatable bonds is 6. The first-order valence-corrected chi connectivity index (χ1v) is 7.71. The van der Waals surface area contributed by atoms with Crippen molar-refractivity contribution in [2.24, 2.45) is 11.7 Å². The lowest BCUT2D eigenvalue weighted by molar-refractivity contribution is -0.116. The molecule has 20 heavy (non-hydrogen) atoms. The zero-order chi connectivity index (χ0) is 14.4. The molecule has 0 aliphatic carbocycles. The molecule has 3 N–H and O–H groups in total. The molecule has 3 nitrogen and oxygen atoms in total. The molecule has 1 aromatic heterocycles. The Hall–Kier alpha value is -1.65. The van der Waals surface area contributed by atoms with E-state index in [9.17, 15) is 4.79 Å². The molecule has 106 valence electrons. The molecule has 0 aliphatic heterocycles. The summed E-state index contributed by atoms with van der Waals surface area (Å²) in [4.78, 5) is 13.2. The Morgan fingerprint density at radius 3 is 2.80 bits per heavy atom. The predicted octanol–water partition coefficient (Wildman–Crippen LogP) is 3.73. The number of amides is 1. The highest BCUT2D eigenvalue weighted by Crippen LogP contribution is 2.31. The molecule has 0 radical (unpaired) electrons. The minimum absolute atomic E-state index is 0.0503. The largest absolute Gasteiger partial charge is 0.330 e. The second-order valence-electron chi connectivity index (χ2n) is 4.95. The van der Waals surface area contributed by atoms with Crippen LogP contribution >= 0.6 is 11.3 Å². The molecule has 0 spiro atoms. The summed E-state index contributed by atoms with van der Waals surface area (Å²) in [6.45, 7) is 2.69. The fourth-order valence-electron chi connectivity index (χ4n) is 1.95. The third kappa shape index (κ3) is 3.92. The van der Waals surface area contributed by atoms with Crippen molar-refractivity contribution >= 4 is 22.9 Å². The van der Waals surface area contributed by atoms with E-state index in [-0.39, 0.29) is 5.91 Å². The summed E-state index contributed by atoms with van der Waals surface area (Å²) in [5.41, 5.74) is 7.52. The molecule has 0 saturated heterocycles. The van der Waals surface area contributed by atoms with Gasteiger partial charge in [0.25, 0.3) is 0 Å². The van der Waals surface area contributed by atoms with Gasteiger partial charge >= 0.3 is 0 Å². The van der Waals surface area contributed by atoms with Crippen LogP contribution < -0.4 is 11.1 Å². The first-order chi connectivity index (χ1) is 9.70.